The van der Waals surface area contributed by atoms with E-state index in [4.69, 9.17) is 16.0 Å². The third kappa shape index (κ3) is 3.73. The van der Waals surface area contributed by atoms with Crippen LogP contribution in [-0.2, 0) is 11.2 Å². The highest BCUT2D eigenvalue weighted by molar-refractivity contribution is 7.11. The molecule has 3 aromatic rings. The molecule has 0 saturated carbocycles. The average molecular weight is 396 g/mol. The lowest BCUT2D eigenvalue weighted by Crippen LogP contribution is -2.26. The number of carbonyl (C=O) groups is 1. The van der Waals surface area contributed by atoms with Crippen LogP contribution < -0.4 is 4.90 Å². The summed E-state index contributed by atoms with van der Waals surface area (Å²) in [6.45, 7) is 6.90. The Hall–Kier alpha value is -1.99. The quantitative estimate of drug-likeness (QED) is 0.587. The van der Waals surface area contributed by atoms with Gasteiger partial charge in [0.25, 0.3) is 5.91 Å². The molecule has 0 spiro atoms. The number of amides is 1. The van der Waals surface area contributed by atoms with Crippen LogP contribution in [0.5, 0.6) is 0 Å². The van der Waals surface area contributed by atoms with Crippen LogP contribution in [0, 0.1) is 12.3 Å². The molecule has 0 bridgehead atoms. The van der Waals surface area contributed by atoms with Crippen molar-refractivity contribution in [1.82, 2.24) is 9.36 Å². The van der Waals surface area contributed by atoms with E-state index in [9.17, 15) is 9.18 Å². The molecule has 0 N–H and O–H groups in total. The van der Waals surface area contributed by atoms with Crippen LogP contribution in [-0.4, -0.2) is 21.9 Å². The topological polar surface area (TPSA) is 59.2 Å². The molecule has 1 aromatic carbocycles. The molecule has 0 atom stereocenters. The van der Waals surface area contributed by atoms with Gasteiger partial charge in [-0.1, -0.05) is 32.4 Å². The fraction of sp³-hybridized carbons (Fsp3) is 0.389. The van der Waals surface area contributed by atoms with E-state index in [2.05, 4.69) is 30.1 Å². The number of rotatable bonds is 4. The van der Waals surface area contributed by atoms with Crippen molar-refractivity contribution in [2.24, 2.45) is 5.41 Å². The van der Waals surface area contributed by atoms with E-state index in [0.29, 0.717) is 44.8 Å². The van der Waals surface area contributed by atoms with Gasteiger partial charge in [0.05, 0.1) is 16.4 Å². The normalized spacial score (nSPS) is 11.9. The Bertz CT molecular complexity index is 961. The molecule has 0 aliphatic carbocycles. The largest absolute Gasteiger partial charge is 0.441 e. The van der Waals surface area contributed by atoms with E-state index in [1.165, 1.54) is 4.90 Å². The molecule has 26 heavy (non-hydrogen) atoms. The van der Waals surface area contributed by atoms with Crippen LogP contribution in [0.4, 0.5) is 15.1 Å². The summed E-state index contributed by atoms with van der Waals surface area (Å²) in [7, 11) is 0. The highest BCUT2D eigenvalue weighted by Gasteiger charge is 2.25. The second-order valence-electron chi connectivity index (χ2n) is 7.25. The number of fused-ring (bicyclic) bond motifs is 1. The highest BCUT2D eigenvalue weighted by atomic mass is 35.5. The minimum Gasteiger partial charge on any atom is -0.441 e. The lowest BCUT2D eigenvalue weighted by Gasteiger charge is -2.19. The van der Waals surface area contributed by atoms with Crippen LogP contribution in [0.2, 0.25) is 5.02 Å². The minimum absolute atomic E-state index is 0.0353. The van der Waals surface area contributed by atoms with Crippen molar-refractivity contribution in [3.63, 3.8) is 0 Å². The molecule has 2 heterocycles. The first kappa shape index (κ1) is 18.8. The van der Waals surface area contributed by atoms with Crippen molar-refractivity contribution >= 4 is 50.8 Å². The second-order valence-corrected chi connectivity index (χ2v) is 8.38. The zero-order chi connectivity index (χ0) is 19.1. The predicted molar refractivity (Wildman–Crippen MR) is 102 cm³/mol. The standard InChI is InChI=1S/C18H19ClFN3O2S/c1-10-16(19)17(26-22-10)23(15(24)9-20)11-5-6-13-12(7-11)21-14(25-13)8-18(2,3)4/h5-7H,8-9H2,1-4H3. The number of benzene rings is 1. The Balaban J connectivity index is 2.05. The van der Waals surface area contributed by atoms with Gasteiger partial charge in [-0.2, -0.15) is 4.37 Å². The summed E-state index contributed by atoms with van der Waals surface area (Å²) < 4.78 is 23.1. The first-order chi connectivity index (χ1) is 12.2. The molecule has 5 nitrogen and oxygen atoms in total. The van der Waals surface area contributed by atoms with E-state index < -0.39 is 12.6 Å². The van der Waals surface area contributed by atoms with Gasteiger partial charge in [0.1, 0.15) is 10.5 Å². The number of halogens is 2. The van der Waals surface area contributed by atoms with E-state index in [1.807, 2.05) is 0 Å². The first-order valence-electron chi connectivity index (χ1n) is 8.10. The number of nitrogens with zero attached hydrogens (tertiary/aromatic N) is 3. The summed E-state index contributed by atoms with van der Waals surface area (Å²) in [4.78, 5) is 18.0. The Morgan fingerprint density at radius 2 is 2.12 bits per heavy atom. The molecule has 0 unspecified atom stereocenters. The maximum absolute atomic E-state index is 13.2. The van der Waals surface area contributed by atoms with Crippen LogP contribution in [0.25, 0.3) is 11.1 Å². The van der Waals surface area contributed by atoms with Crippen LogP contribution in [0.1, 0.15) is 32.4 Å². The van der Waals surface area contributed by atoms with Gasteiger partial charge < -0.3 is 4.42 Å². The number of aryl methyl sites for hydroxylation is 1. The Morgan fingerprint density at radius 1 is 1.38 bits per heavy atom. The number of aromatic nitrogens is 2. The second kappa shape index (κ2) is 6.96. The molecule has 0 saturated heterocycles. The van der Waals surface area contributed by atoms with Crippen LogP contribution in [0.15, 0.2) is 22.6 Å². The van der Waals surface area contributed by atoms with E-state index in [0.717, 1.165) is 11.5 Å². The third-order valence-electron chi connectivity index (χ3n) is 3.70. The summed E-state index contributed by atoms with van der Waals surface area (Å²) in [5.74, 6) is -0.0898. The predicted octanol–water partition coefficient (Wildman–Crippen LogP) is 5.47. The Labute approximate surface area is 159 Å². The molecule has 2 aromatic heterocycles. The van der Waals surface area contributed by atoms with E-state index in [1.54, 1.807) is 25.1 Å². The minimum atomic E-state index is -1.14. The van der Waals surface area contributed by atoms with Crippen molar-refractivity contribution in [3.05, 3.63) is 34.8 Å². The van der Waals surface area contributed by atoms with Gasteiger partial charge in [0, 0.05) is 6.42 Å². The van der Waals surface area contributed by atoms with Gasteiger partial charge >= 0.3 is 0 Å². The molecular formula is C18H19ClFN3O2S. The summed E-state index contributed by atoms with van der Waals surface area (Å²) in [6.07, 6.45) is 0.685. The molecule has 8 heteroatoms. The number of oxazole rings is 1. The fourth-order valence-electron chi connectivity index (χ4n) is 2.55. The highest BCUT2D eigenvalue weighted by Crippen LogP contribution is 2.38. The monoisotopic (exact) mass is 395 g/mol. The number of hydrogen-bond acceptors (Lipinski definition) is 5. The van der Waals surface area contributed by atoms with Crippen molar-refractivity contribution < 1.29 is 13.6 Å². The smallest absolute Gasteiger partial charge is 0.263 e. The number of anilines is 2. The molecule has 0 aliphatic heterocycles. The molecule has 138 valence electrons. The number of carbonyl (C=O) groups excluding carboxylic acids is 1. The molecule has 0 radical (unpaired) electrons. The molecular weight excluding hydrogens is 377 g/mol. The van der Waals surface area contributed by atoms with E-state index in [-0.39, 0.29) is 5.41 Å². The van der Waals surface area contributed by atoms with Gasteiger partial charge in [-0.15, -0.1) is 0 Å². The summed E-state index contributed by atoms with van der Waals surface area (Å²) in [5, 5.41) is 0.732. The Morgan fingerprint density at radius 3 is 2.69 bits per heavy atom. The molecule has 0 fully saturated rings. The fourth-order valence-corrected chi connectivity index (χ4v) is 3.66. The van der Waals surface area contributed by atoms with Crippen molar-refractivity contribution in [1.29, 1.82) is 0 Å². The van der Waals surface area contributed by atoms with Gasteiger partial charge in [-0.25, -0.2) is 9.37 Å². The third-order valence-corrected chi connectivity index (χ3v) is 5.19. The zero-order valence-corrected chi connectivity index (χ0v) is 16.5. The zero-order valence-electron chi connectivity index (χ0n) is 15.0. The summed E-state index contributed by atoms with van der Waals surface area (Å²) in [5.41, 5.74) is 2.33. The van der Waals surface area contributed by atoms with Gasteiger partial charge in [0.15, 0.2) is 18.1 Å². The number of alkyl halides is 1. The molecule has 0 aliphatic rings. The van der Waals surface area contributed by atoms with Crippen LogP contribution >= 0.6 is 23.1 Å². The molecule has 3 rings (SSSR count). The average Bonchev–Trinajstić information content (AvgIpc) is 3.10. The lowest BCUT2D eigenvalue weighted by molar-refractivity contribution is -0.118. The van der Waals surface area contributed by atoms with Gasteiger partial charge in [-0.3, -0.25) is 9.69 Å². The number of hydrogen-bond donors (Lipinski definition) is 0. The first-order valence-corrected chi connectivity index (χ1v) is 9.25. The van der Waals surface area contributed by atoms with Gasteiger partial charge in [-0.05, 0) is 42.1 Å². The maximum Gasteiger partial charge on any atom is 0.263 e. The van der Waals surface area contributed by atoms with Crippen molar-refractivity contribution in [2.45, 2.75) is 34.1 Å². The van der Waals surface area contributed by atoms with E-state index >= 15 is 0 Å². The van der Waals surface area contributed by atoms with Crippen molar-refractivity contribution in [3.8, 4) is 0 Å². The van der Waals surface area contributed by atoms with Gasteiger partial charge in [0.2, 0.25) is 0 Å². The van der Waals surface area contributed by atoms with Crippen molar-refractivity contribution in [2.75, 3.05) is 11.6 Å². The Kier molecular flexibility index (Phi) is 5.03. The molecule has 1 amide bonds. The summed E-state index contributed by atoms with van der Waals surface area (Å²) in [6, 6.07) is 5.11. The SMILES string of the molecule is Cc1nsc(N(C(=O)CF)c2ccc3oc(CC(C)(C)C)nc3c2)c1Cl. The lowest BCUT2D eigenvalue weighted by atomic mass is 9.92. The maximum atomic E-state index is 13.2. The summed E-state index contributed by atoms with van der Waals surface area (Å²) >= 11 is 7.30. The van der Waals surface area contributed by atoms with Crippen LogP contribution in [0.3, 0.4) is 0 Å².